The van der Waals surface area contributed by atoms with E-state index in [2.05, 4.69) is 61.5 Å². The van der Waals surface area contributed by atoms with Crippen LogP contribution in [0.4, 0.5) is 0 Å². The maximum absolute atomic E-state index is 13.0. The molecule has 2 aliphatic rings. The Kier molecular flexibility index (Phi) is 12.0. The average Bonchev–Trinajstić information content (AvgIpc) is 3.49. The smallest absolute Gasteiger partial charge is 0.260 e. The molecule has 0 radical (unpaired) electrons. The van der Waals surface area contributed by atoms with E-state index in [9.17, 15) is 4.79 Å². The van der Waals surface area contributed by atoms with E-state index >= 15 is 0 Å². The van der Waals surface area contributed by atoms with Gasteiger partial charge < -0.3 is 9.64 Å². The van der Waals surface area contributed by atoms with Crippen molar-refractivity contribution in [2.45, 2.75) is 169 Å². The summed E-state index contributed by atoms with van der Waals surface area (Å²) in [6.45, 7) is 20.1. The van der Waals surface area contributed by atoms with Crippen LogP contribution in [-0.2, 0) is 22.0 Å². The molecule has 0 saturated carbocycles. The summed E-state index contributed by atoms with van der Waals surface area (Å²) >= 11 is 0. The maximum Gasteiger partial charge on any atom is 0.260 e. The second kappa shape index (κ2) is 14.6. The van der Waals surface area contributed by atoms with E-state index in [1.54, 1.807) is 0 Å². The molecule has 3 rings (SSSR count). The van der Waals surface area contributed by atoms with Gasteiger partial charge in [-0.05, 0) is 60.6 Å². The summed E-state index contributed by atoms with van der Waals surface area (Å²) in [4.78, 5) is 14.9. The van der Waals surface area contributed by atoms with Crippen molar-refractivity contribution in [3.8, 4) is 5.75 Å². The average molecular weight is 554 g/mol. The third-order valence-corrected chi connectivity index (χ3v) is 9.86. The monoisotopic (exact) mass is 553 g/mol. The van der Waals surface area contributed by atoms with Gasteiger partial charge in [0.05, 0.1) is 0 Å². The molecule has 0 spiro atoms. The molecular weight excluding hydrogens is 490 g/mol. The molecule has 2 bridgehead atoms. The first-order valence-corrected chi connectivity index (χ1v) is 17.1. The van der Waals surface area contributed by atoms with Crippen LogP contribution in [0.1, 0.15) is 174 Å². The van der Waals surface area contributed by atoms with E-state index in [0.29, 0.717) is 0 Å². The lowest BCUT2D eigenvalue weighted by Crippen LogP contribution is -2.34. The van der Waals surface area contributed by atoms with Crippen molar-refractivity contribution in [3.63, 3.8) is 0 Å². The van der Waals surface area contributed by atoms with E-state index in [-0.39, 0.29) is 28.8 Å². The third-order valence-electron chi connectivity index (χ3n) is 9.86. The summed E-state index contributed by atoms with van der Waals surface area (Å²) in [6.07, 6.45) is 21.3. The van der Waals surface area contributed by atoms with Gasteiger partial charge in [0.1, 0.15) is 5.75 Å². The van der Waals surface area contributed by atoms with E-state index in [1.807, 2.05) is 4.90 Å². The van der Waals surface area contributed by atoms with Crippen LogP contribution in [0.5, 0.6) is 5.75 Å². The van der Waals surface area contributed by atoms with Crippen molar-refractivity contribution in [3.05, 3.63) is 28.3 Å². The summed E-state index contributed by atoms with van der Waals surface area (Å²) in [7, 11) is 0. The number of carbonyl (C=O) groups excluding carboxylic acids is 1. The van der Waals surface area contributed by atoms with Crippen LogP contribution in [-0.4, -0.2) is 30.5 Å². The Morgan fingerprint density at radius 3 is 1.73 bits per heavy atom. The highest BCUT2D eigenvalue weighted by atomic mass is 16.5. The van der Waals surface area contributed by atoms with Gasteiger partial charge in [-0.15, -0.1) is 0 Å². The fourth-order valence-electron chi connectivity index (χ4n) is 7.25. The van der Waals surface area contributed by atoms with Crippen LogP contribution >= 0.6 is 0 Å². The van der Waals surface area contributed by atoms with Crippen molar-refractivity contribution in [2.24, 2.45) is 5.41 Å². The predicted molar refractivity (Wildman–Crippen MR) is 172 cm³/mol. The number of nitrogens with zero attached hydrogens (tertiary/aromatic N) is 1. The summed E-state index contributed by atoms with van der Waals surface area (Å²) < 4.78 is 6.61. The van der Waals surface area contributed by atoms with Gasteiger partial charge in [-0.25, -0.2) is 0 Å². The molecule has 228 valence electrons. The molecule has 3 nitrogen and oxygen atoms in total. The van der Waals surface area contributed by atoms with Crippen LogP contribution in [0.15, 0.2) is 6.07 Å². The van der Waals surface area contributed by atoms with Gasteiger partial charge >= 0.3 is 0 Å². The van der Waals surface area contributed by atoms with Crippen LogP contribution in [0.25, 0.3) is 0 Å². The van der Waals surface area contributed by atoms with Gasteiger partial charge in [-0.3, -0.25) is 4.79 Å². The summed E-state index contributed by atoms with van der Waals surface area (Å²) in [6, 6.07) is 2.48. The molecule has 2 aliphatic carbocycles. The van der Waals surface area contributed by atoms with Crippen LogP contribution in [0, 0.1) is 5.41 Å². The van der Waals surface area contributed by atoms with Crippen LogP contribution in [0.2, 0.25) is 0 Å². The zero-order chi connectivity index (χ0) is 29.4. The largest absolute Gasteiger partial charge is 0.483 e. The molecule has 1 atom stereocenters. The minimum atomic E-state index is 0.0807. The normalized spacial score (nSPS) is 23.1. The number of rotatable bonds is 5. The predicted octanol–water partition coefficient (Wildman–Crippen LogP) is 10.3. The lowest BCUT2D eigenvalue weighted by molar-refractivity contribution is -0.133. The number of likely N-dealkylation sites (N-methyl/N-ethyl adjacent to an activating group) is 1. The molecular formula is C37H63NO2. The molecule has 1 amide bonds. The van der Waals surface area contributed by atoms with Gasteiger partial charge in [0, 0.05) is 24.1 Å². The molecule has 0 aromatic heterocycles. The fourth-order valence-corrected chi connectivity index (χ4v) is 7.25. The molecule has 0 fully saturated rings. The Morgan fingerprint density at radius 2 is 1.25 bits per heavy atom. The summed E-state index contributed by atoms with van der Waals surface area (Å²) in [5, 5.41) is 0. The standard InChI is InChI=1S/C37H63NO2/c1-9-38(10-2)31(39)28-40-34-29-26-30(35(3,4)5)32-33(34)37(32,8)25-23-21-19-17-15-13-11-12-14-16-18-20-22-24-36(6,7)27-29/h26H,9-25,27-28H2,1-8H3. The molecule has 40 heavy (non-hydrogen) atoms. The van der Waals surface area contributed by atoms with Crippen molar-refractivity contribution < 1.29 is 9.53 Å². The van der Waals surface area contributed by atoms with Gasteiger partial charge in [0.25, 0.3) is 5.91 Å². The van der Waals surface area contributed by atoms with E-state index in [0.717, 1.165) is 25.3 Å². The molecule has 0 heterocycles. The van der Waals surface area contributed by atoms with Gasteiger partial charge in [0.2, 0.25) is 0 Å². The summed E-state index contributed by atoms with van der Waals surface area (Å²) in [5.74, 6) is 1.15. The zero-order valence-corrected chi connectivity index (χ0v) is 27.8. The number of benzene rings is 1. The fraction of sp³-hybridized carbons (Fsp3) is 0.811. The second-order valence-electron chi connectivity index (χ2n) is 15.0. The molecule has 1 aromatic rings. The number of fused-ring (bicyclic) bond motifs is 2. The molecule has 0 N–H and O–H groups in total. The highest BCUT2D eigenvalue weighted by Gasteiger charge is 2.52. The van der Waals surface area contributed by atoms with E-state index < -0.39 is 0 Å². The Hall–Kier alpha value is -1.51. The Bertz CT molecular complexity index is 952. The highest BCUT2D eigenvalue weighted by molar-refractivity contribution is 5.78. The van der Waals surface area contributed by atoms with Crippen molar-refractivity contribution >= 4 is 5.91 Å². The topological polar surface area (TPSA) is 29.5 Å². The molecule has 1 aromatic carbocycles. The van der Waals surface area contributed by atoms with Crippen LogP contribution < -0.4 is 4.74 Å². The van der Waals surface area contributed by atoms with Gasteiger partial charge in [0.15, 0.2) is 6.61 Å². The Morgan fingerprint density at radius 1 is 0.775 bits per heavy atom. The van der Waals surface area contributed by atoms with Gasteiger partial charge in [-0.2, -0.15) is 0 Å². The molecule has 1 unspecified atom stereocenters. The van der Waals surface area contributed by atoms with Crippen molar-refractivity contribution in [1.82, 2.24) is 4.90 Å². The first kappa shape index (κ1) is 33.0. The van der Waals surface area contributed by atoms with Gasteiger partial charge in [-0.1, -0.05) is 131 Å². The molecule has 0 aliphatic heterocycles. The minimum Gasteiger partial charge on any atom is -0.483 e. The summed E-state index contributed by atoms with van der Waals surface area (Å²) in [5.41, 5.74) is 6.14. The Labute approximate surface area is 248 Å². The number of carbonyl (C=O) groups is 1. The quantitative estimate of drug-likeness (QED) is 0.363. The minimum absolute atomic E-state index is 0.0807. The van der Waals surface area contributed by atoms with E-state index in [4.69, 9.17) is 4.74 Å². The molecule has 3 heteroatoms. The number of hydrogen-bond donors (Lipinski definition) is 0. The number of hydrogen-bond acceptors (Lipinski definition) is 2. The molecule has 0 saturated heterocycles. The SMILES string of the molecule is CCN(CC)C(=O)COc1c2cc(C(C)(C)C)c3c1C3(C)CCCCCCCCCCCCCCCC(C)(C)C2. The lowest BCUT2D eigenvalue weighted by Gasteiger charge is -2.28. The first-order chi connectivity index (χ1) is 18.9. The number of ether oxygens (including phenoxy) is 1. The zero-order valence-electron chi connectivity index (χ0n) is 27.8. The second-order valence-corrected chi connectivity index (χ2v) is 15.0. The first-order valence-electron chi connectivity index (χ1n) is 17.1. The van der Waals surface area contributed by atoms with Crippen molar-refractivity contribution in [1.29, 1.82) is 0 Å². The third kappa shape index (κ3) is 8.75. The maximum atomic E-state index is 13.0. The lowest BCUT2D eigenvalue weighted by atomic mass is 9.78. The van der Waals surface area contributed by atoms with Crippen molar-refractivity contribution in [2.75, 3.05) is 19.7 Å². The van der Waals surface area contributed by atoms with Crippen LogP contribution in [0.3, 0.4) is 0 Å². The number of amides is 1. The highest BCUT2D eigenvalue weighted by Crippen LogP contribution is 2.62. The van der Waals surface area contributed by atoms with E-state index in [1.165, 1.54) is 119 Å². The Balaban J connectivity index is 1.93.